The average molecular weight is 221 g/mol. The Balaban J connectivity index is 1.92. The summed E-state index contributed by atoms with van der Waals surface area (Å²) in [6.07, 6.45) is 2.45. The van der Waals surface area contributed by atoms with E-state index in [-0.39, 0.29) is 5.91 Å². The van der Waals surface area contributed by atoms with E-state index in [4.69, 9.17) is 0 Å². The molecule has 3 heteroatoms. The lowest BCUT2D eigenvalue weighted by Crippen LogP contribution is -2.28. The van der Waals surface area contributed by atoms with Gasteiger partial charge in [0.15, 0.2) is 0 Å². The smallest absolute Gasteiger partial charge is 0.251 e. The molecule has 2 nitrogen and oxygen atoms in total. The Bertz CT molecular complexity index is 368. The first-order chi connectivity index (χ1) is 7.09. The van der Waals surface area contributed by atoms with Crippen molar-refractivity contribution < 1.29 is 4.79 Å². The Labute approximate surface area is 95.5 Å². The van der Waals surface area contributed by atoms with Crippen LogP contribution in [-0.2, 0) is 0 Å². The van der Waals surface area contributed by atoms with Gasteiger partial charge in [-0.25, -0.2) is 0 Å². The first-order valence-corrected chi connectivity index (χ1v) is 5.61. The first-order valence-electron chi connectivity index (χ1n) is 5.16. The molecule has 1 aromatic rings. The minimum Gasteiger partial charge on any atom is -0.351 e. The maximum Gasteiger partial charge on any atom is 0.251 e. The van der Waals surface area contributed by atoms with Crippen LogP contribution in [0.15, 0.2) is 29.2 Å². The second-order valence-electron chi connectivity index (χ2n) is 4.54. The van der Waals surface area contributed by atoms with Crippen molar-refractivity contribution in [3.05, 3.63) is 29.8 Å². The zero-order valence-corrected chi connectivity index (χ0v) is 9.68. The molecule has 80 valence electrons. The van der Waals surface area contributed by atoms with E-state index in [0.29, 0.717) is 11.0 Å². The monoisotopic (exact) mass is 221 g/mol. The summed E-state index contributed by atoms with van der Waals surface area (Å²) in [7, 11) is 0. The Kier molecular flexibility index (Phi) is 2.74. The predicted molar refractivity (Wildman–Crippen MR) is 63.4 cm³/mol. The van der Waals surface area contributed by atoms with Crippen LogP contribution in [0.2, 0.25) is 0 Å². The van der Waals surface area contributed by atoms with Crippen LogP contribution >= 0.6 is 12.6 Å². The fourth-order valence-electron chi connectivity index (χ4n) is 1.40. The number of hydrogen-bond acceptors (Lipinski definition) is 2. The molecule has 1 aromatic carbocycles. The van der Waals surface area contributed by atoms with E-state index in [1.807, 2.05) is 12.1 Å². The molecule has 1 aliphatic rings. The molecule has 0 radical (unpaired) electrons. The molecule has 0 bridgehead atoms. The highest BCUT2D eigenvalue weighted by molar-refractivity contribution is 7.80. The molecule has 1 fully saturated rings. The zero-order chi connectivity index (χ0) is 10.9. The highest BCUT2D eigenvalue weighted by Gasteiger charge is 2.37. The summed E-state index contributed by atoms with van der Waals surface area (Å²) in [5, 5.41) is 2.96. The molecule has 0 spiro atoms. The second kappa shape index (κ2) is 3.89. The molecule has 0 unspecified atom stereocenters. The van der Waals surface area contributed by atoms with Crippen molar-refractivity contribution in [1.82, 2.24) is 5.32 Å². The SMILES string of the molecule is CC1(CNC(=O)c2ccc(S)cc2)CC1. The number of thiol groups is 1. The molecule has 0 aromatic heterocycles. The van der Waals surface area contributed by atoms with Gasteiger partial charge in [-0.3, -0.25) is 4.79 Å². The third-order valence-electron chi connectivity index (χ3n) is 2.91. The van der Waals surface area contributed by atoms with Crippen LogP contribution in [0.3, 0.4) is 0 Å². The van der Waals surface area contributed by atoms with Gasteiger partial charge >= 0.3 is 0 Å². The number of carbonyl (C=O) groups is 1. The van der Waals surface area contributed by atoms with Crippen molar-refractivity contribution in [2.75, 3.05) is 6.54 Å². The van der Waals surface area contributed by atoms with E-state index in [9.17, 15) is 4.79 Å². The van der Waals surface area contributed by atoms with E-state index in [0.717, 1.165) is 11.4 Å². The van der Waals surface area contributed by atoms with Gasteiger partial charge in [-0.15, -0.1) is 12.6 Å². The molecule has 0 atom stereocenters. The number of amides is 1. The van der Waals surface area contributed by atoms with Gasteiger partial charge in [-0.05, 0) is 42.5 Å². The van der Waals surface area contributed by atoms with Gasteiger partial charge in [-0.2, -0.15) is 0 Å². The maximum absolute atomic E-state index is 11.7. The van der Waals surface area contributed by atoms with Gasteiger partial charge in [0.2, 0.25) is 0 Å². The summed E-state index contributed by atoms with van der Waals surface area (Å²) < 4.78 is 0. The summed E-state index contributed by atoms with van der Waals surface area (Å²) in [5.41, 5.74) is 1.07. The zero-order valence-electron chi connectivity index (χ0n) is 8.79. The van der Waals surface area contributed by atoms with Crippen LogP contribution in [0.1, 0.15) is 30.1 Å². The lowest BCUT2D eigenvalue weighted by Gasteiger charge is -2.09. The summed E-state index contributed by atoms with van der Waals surface area (Å²) in [6, 6.07) is 7.26. The minimum atomic E-state index is 0.0106. The van der Waals surface area contributed by atoms with Crippen LogP contribution in [-0.4, -0.2) is 12.5 Å². The predicted octanol–water partition coefficient (Wildman–Crippen LogP) is 2.51. The molecule has 0 aliphatic heterocycles. The second-order valence-corrected chi connectivity index (χ2v) is 5.06. The van der Waals surface area contributed by atoms with Crippen LogP contribution in [0.5, 0.6) is 0 Å². The molecule has 2 rings (SSSR count). The van der Waals surface area contributed by atoms with Gasteiger partial charge in [0.05, 0.1) is 0 Å². The van der Waals surface area contributed by atoms with Crippen LogP contribution in [0.4, 0.5) is 0 Å². The molecule has 1 aliphatic carbocycles. The third kappa shape index (κ3) is 2.75. The minimum absolute atomic E-state index is 0.0106. The number of hydrogen-bond donors (Lipinski definition) is 2. The van der Waals surface area contributed by atoms with Gasteiger partial charge < -0.3 is 5.32 Å². The van der Waals surface area contributed by atoms with Crippen LogP contribution in [0.25, 0.3) is 0 Å². The lowest BCUT2D eigenvalue weighted by atomic mass is 10.1. The molecule has 1 saturated carbocycles. The van der Waals surface area contributed by atoms with Crippen molar-refractivity contribution >= 4 is 18.5 Å². The number of nitrogens with one attached hydrogen (secondary N) is 1. The molecule has 0 heterocycles. The quantitative estimate of drug-likeness (QED) is 0.754. The van der Waals surface area contributed by atoms with Crippen molar-refractivity contribution in [3.63, 3.8) is 0 Å². The van der Waals surface area contributed by atoms with E-state index >= 15 is 0 Å². The Hall–Kier alpha value is -0.960. The Morgan fingerprint density at radius 1 is 1.40 bits per heavy atom. The van der Waals surface area contributed by atoms with Gasteiger partial charge in [0, 0.05) is 17.0 Å². The van der Waals surface area contributed by atoms with Crippen molar-refractivity contribution in [3.8, 4) is 0 Å². The fraction of sp³-hybridized carbons (Fsp3) is 0.417. The van der Waals surface area contributed by atoms with Crippen molar-refractivity contribution in [2.24, 2.45) is 5.41 Å². The summed E-state index contributed by atoms with van der Waals surface area (Å²) in [5.74, 6) is 0.0106. The number of carbonyl (C=O) groups excluding carboxylic acids is 1. The highest BCUT2D eigenvalue weighted by atomic mass is 32.1. The largest absolute Gasteiger partial charge is 0.351 e. The average Bonchev–Trinajstić information content (AvgIpc) is 2.95. The van der Waals surface area contributed by atoms with E-state index < -0.39 is 0 Å². The van der Waals surface area contributed by atoms with Crippen molar-refractivity contribution in [1.29, 1.82) is 0 Å². The van der Waals surface area contributed by atoms with Gasteiger partial charge in [-0.1, -0.05) is 6.92 Å². The molecular formula is C12H15NOS. The first kappa shape index (κ1) is 10.6. The number of benzene rings is 1. The van der Waals surface area contributed by atoms with Gasteiger partial charge in [0.1, 0.15) is 0 Å². The molecule has 1 N–H and O–H groups in total. The summed E-state index contributed by atoms with van der Waals surface area (Å²) >= 11 is 4.18. The fourth-order valence-corrected chi connectivity index (χ4v) is 1.55. The molecule has 1 amide bonds. The topological polar surface area (TPSA) is 29.1 Å². The van der Waals surface area contributed by atoms with E-state index in [1.54, 1.807) is 12.1 Å². The summed E-state index contributed by atoms with van der Waals surface area (Å²) in [6.45, 7) is 2.98. The van der Waals surface area contributed by atoms with E-state index in [1.165, 1.54) is 12.8 Å². The van der Waals surface area contributed by atoms with Crippen LogP contribution < -0.4 is 5.32 Å². The van der Waals surface area contributed by atoms with Crippen LogP contribution in [0, 0.1) is 5.41 Å². The highest BCUT2D eigenvalue weighted by Crippen LogP contribution is 2.44. The van der Waals surface area contributed by atoms with Crippen molar-refractivity contribution in [2.45, 2.75) is 24.7 Å². The van der Waals surface area contributed by atoms with Gasteiger partial charge in [0.25, 0.3) is 5.91 Å². The maximum atomic E-state index is 11.7. The third-order valence-corrected chi connectivity index (χ3v) is 3.21. The molecule has 15 heavy (non-hydrogen) atoms. The Morgan fingerprint density at radius 3 is 2.53 bits per heavy atom. The molecular weight excluding hydrogens is 206 g/mol. The normalized spacial score (nSPS) is 17.2. The van der Waals surface area contributed by atoms with E-state index in [2.05, 4.69) is 24.9 Å². The number of rotatable bonds is 3. The Morgan fingerprint density at radius 2 is 2.00 bits per heavy atom. The standard InChI is InChI=1S/C12H15NOS/c1-12(6-7-12)8-13-11(14)9-2-4-10(15)5-3-9/h2-5,15H,6-8H2,1H3,(H,13,14). The summed E-state index contributed by atoms with van der Waals surface area (Å²) in [4.78, 5) is 12.6. The molecule has 0 saturated heterocycles. The lowest BCUT2D eigenvalue weighted by molar-refractivity contribution is 0.0946.